The summed E-state index contributed by atoms with van der Waals surface area (Å²) in [6.45, 7) is 12.2. The van der Waals surface area contributed by atoms with Crippen molar-refractivity contribution in [1.82, 2.24) is 10.6 Å². The lowest BCUT2D eigenvalue weighted by Gasteiger charge is -2.17. The van der Waals surface area contributed by atoms with Crippen molar-refractivity contribution in [2.24, 2.45) is 45.4 Å². The smallest absolute Gasteiger partial charge is 0.161 e. The van der Waals surface area contributed by atoms with Crippen LogP contribution in [0.4, 0.5) is 17.1 Å². The van der Waals surface area contributed by atoms with E-state index < -0.39 is 0 Å². The molecule has 29 nitrogen and oxygen atoms in total. The van der Waals surface area contributed by atoms with Crippen molar-refractivity contribution in [3.05, 3.63) is 311 Å². The number of aliphatic hydroxyl groups is 9. The van der Waals surface area contributed by atoms with Crippen LogP contribution in [-0.2, 0) is 11.3 Å². The second kappa shape index (κ2) is 71.9. The maximum atomic E-state index is 9.40. The molecule has 0 unspecified atom stereocenters. The van der Waals surface area contributed by atoms with Gasteiger partial charge in [0.15, 0.2) is 11.5 Å². The van der Waals surface area contributed by atoms with E-state index in [1.807, 2.05) is 178 Å². The Kier molecular flexibility index (Phi) is 60.8. The fourth-order valence-corrected chi connectivity index (χ4v) is 10.3. The third-order valence-corrected chi connectivity index (χ3v) is 17.6. The van der Waals surface area contributed by atoms with Crippen LogP contribution in [0, 0.1) is 5.41 Å². The lowest BCUT2D eigenvalue weighted by atomic mass is 9.95. The van der Waals surface area contributed by atoms with Crippen LogP contribution in [0.15, 0.2) is 311 Å². The summed E-state index contributed by atoms with van der Waals surface area (Å²) in [5, 5.41) is 130. The van der Waals surface area contributed by atoms with Gasteiger partial charge in [-0.15, -0.1) is 25.3 Å². The number of aliphatic imine (C=N–C) groups is 8. The lowest BCUT2D eigenvalue weighted by Crippen LogP contribution is -2.21. The zero-order valence-corrected chi connectivity index (χ0v) is 77.0. The molecule has 0 atom stereocenters. The van der Waals surface area contributed by atoms with Crippen molar-refractivity contribution in [3.63, 3.8) is 0 Å². The van der Waals surface area contributed by atoms with Gasteiger partial charge in [0.05, 0.1) is 110 Å². The average Bonchev–Trinajstić information content (AvgIpc) is 0.894. The summed E-state index contributed by atoms with van der Waals surface area (Å²) in [5.41, 5.74) is 10.8. The average molecular weight is 1860 g/mol. The molecule has 710 valence electrons. The van der Waals surface area contributed by atoms with Crippen LogP contribution in [0.3, 0.4) is 0 Å². The molecule has 0 bridgehead atoms. The van der Waals surface area contributed by atoms with Gasteiger partial charge in [0, 0.05) is 104 Å². The van der Waals surface area contributed by atoms with Gasteiger partial charge in [-0.2, -0.15) is 0 Å². The molecule has 0 fully saturated rings. The first kappa shape index (κ1) is 113. The van der Waals surface area contributed by atoms with Gasteiger partial charge in [-0.3, -0.25) is 39.9 Å². The highest BCUT2D eigenvalue weighted by Crippen LogP contribution is 2.26. The van der Waals surface area contributed by atoms with Crippen LogP contribution in [0.5, 0.6) is 51.7 Å². The Morgan fingerprint density at radius 3 is 1.18 bits per heavy atom. The summed E-state index contributed by atoms with van der Waals surface area (Å²) in [6.07, 6.45) is 14.7. The minimum atomic E-state index is -0.180. The molecule has 0 amide bonds. The summed E-state index contributed by atoms with van der Waals surface area (Å²) < 4.78 is 25.9. The van der Waals surface area contributed by atoms with Crippen LogP contribution < -0.4 is 29.6 Å². The molecule has 0 saturated heterocycles. The van der Waals surface area contributed by atoms with E-state index in [1.165, 1.54) is 7.11 Å². The Morgan fingerprint density at radius 1 is 0.323 bits per heavy atom. The second-order valence-corrected chi connectivity index (χ2v) is 29.7. The molecular formula is C102H126N10O19S2. The molecule has 0 heterocycles. The highest BCUT2D eigenvalue weighted by Gasteiger charge is 2.15. The molecule has 0 saturated carbocycles. The zero-order chi connectivity index (χ0) is 96.4. The molecule has 133 heavy (non-hydrogen) atoms. The van der Waals surface area contributed by atoms with Crippen molar-refractivity contribution in [2.75, 3.05) is 152 Å². The number of aliphatic hydroxyl groups excluding tert-OH is 9. The van der Waals surface area contributed by atoms with E-state index in [4.69, 9.17) is 90.1 Å². The molecule has 0 aromatic heterocycles. The molecule has 11 aromatic carbocycles. The monoisotopic (exact) mass is 1860 g/mol. The molecule has 0 aliphatic heterocycles. The number of methoxy groups -OCH3 is 1. The van der Waals surface area contributed by atoms with E-state index in [9.17, 15) is 5.11 Å². The molecule has 0 radical (unpaired) electrons. The normalized spacial score (nSPS) is 11.1. The third kappa shape index (κ3) is 55.9. The summed E-state index contributed by atoms with van der Waals surface area (Å²) in [7, 11) is 1.51. The predicted octanol–water partition coefficient (Wildman–Crippen LogP) is 13.1. The van der Waals surface area contributed by atoms with Gasteiger partial charge in [-0.1, -0.05) is 62.4 Å². The van der Waals surface area contributed by atoms with E-state index in [0.717, 1.165) is 114 Å². The SMILES string of the molecule is CC(C)(CO)CN=Cc1ccc(OCCO)cc1.COc1cc(C=NCCNCCO)ccc1O.OCCCNCCN=Cc1ccc(OCCO)cc1.OCCN=Cc1cccc(O)c1.OCCOCCN=Cc1ccc(O)cc1.OCCOc1cccc(C=Nc2ccc(CO)cc2)c1.Oc1ccc(C=Nc2ccc(O)cc2)cc1.Sc1ccc(C=Nc2ccc(S)cc2)cc1. The lowest BCUT2D eigenvalue weighted by molar-refractivity contribution is 0.0978. The first-order chi connectivity index (χ1) is 64.6. The second-order valence-electron chi connectivity index (χ2n) is 28.7. The van der Waals surface area contributed by atoms with Gasteiger partial charge in [-0.05, 0) is 275 Å². The van der Waals surface area contributed by atoms with Crippen molar-refractivity contribution < 1.29 is 95.2 Å². The highest BCUT2D eigenvalue weighted by atomic mass is 32.1. The zero-order valence-electron chi connectivity index (χ0n) is 75.2. The molecular weight excluding hydrogens is 1730 g/mol. The summed E-state index contributed by atoms with van der Waals surface area (Å²) in [4.78, 5) is 35.7. The summed E-state index contributed by atoms with van der Waals surface area (Å²) in [5.74, 6) is 3.68. The van der Waals surface area contributed by atoms with Crippen molar-refractivity contribution >= 4 is 92.0 Å². The van der Waals surface area contributed by atoms with E-state index in [1.54, 1.807) is 146 Å². The molecule has 0 aliphatic rings. The molecule has 11 rings (SSSR count). The summed E-state index contributed by atoms with van der Waals surface area (Å²) >= 11 is 8.45. The van der Waals surface area contributed by atoms with Gasteiger partial charge in [0.1, 0.15) is 60.1 Å². The van der Waals surface area contributed by atoms with E-state index in [2.05, 4.69) is 75.8 Å². The minimum Gasteiger partial charge on any atom is -0.508 e. The minimum absolute atomic E-state index is 0.00444. The third-order valence-electron chi connectivity index (χ3n) is 17.0. The van der Waals surface area contributed by atoms with Crippen LogP contribution >= 0.6 is 25.3 Å². The summed E-state index contributed by atoms with van der Waals surface area (Å²) in [6, 6.07) is 77.6. The topological polar surface area (TPSA) is 452 Å². The van der Waals surface area contributed by atoms with Crippen molar-refractivity contribution in [1.29, 1.82) is 0 Å². The quantitative estimate of drug-likeness (QED) is 0.00958. The molecule has 31 heteroatoms. The molecule has 16 N–H and O–H groups in total. The molecule has 0 aliphatic carbocycles. The Labute approximate surface area is 789 Å². The largest absolute Gasteiger partial charge is 0.508 e. The van der Waals surface area contributed by atoms with Gasteiger partial charge in [0.2, 0.25) is 0 Å². The number of phenolic OH excluding ortho intramolecular Hbond substituents is 5. The maximum Gasteiger partial charge on any atom is 0.161 e. The van der Waals surface area contributed by atoms with Crippen LogP contribution in [0.1, 0.15) is 70.3 Å². The van der Waals surface area contributed by atoms with Gasteiger partial charge in [-0.25, -0.2) is 0 Å². The Balaban J connectivity index is 0.000000319. The predicted molar refractivity (Wildman–Crippen MR) is 538 cm³/mol. The van der Waals surface area contributed by atoms with Crippen LogP contribution in [-0.4, -0.2) is 273 Å². The number of hydrogen-bond donors (Lipinski definition) is 18. The highest BCUT2D eigenvalue weighted by molar-refractivity contribution is 7.80. The Hall–Kier alpha value is -12.8. The number of phenols is 5. The van der Waals surface area contributed by atoms with E-state index in [-0.39, 0.29) is 100 Å². The Morgan fingerprint density at radius 2 is 0.714 bits per heavy atom. The number of benzene rings is 11. The van der Waals surface area contributed by atoms with Crippen molar-refractivity contribution in [2.45, 2.75) is 36.7 Å². The van der Waals surface area contributed by atoms with Gasteiger partial charge >= 0.3 is 0 Å². The van der Waals surface area contributed by atoms with E-state index >= 15 is 0 Å². The number of nitrogens with one attached hydrogen (secondary N) is 2. The number of nitrogens with zero attached hydrogens (tertiary/aromatic N) is 8. The number of aromatic hydroxyl groups is 5. The van der Waals surface area contributed by atoms with Gasteiger partial charge < -0.3 is 106 Å². The number of hydrogen-bond acceptors (Lipinski definition) is 31. The molecule has 0 spiro atoms. The fourth-order valence-electron chi connectivity index (χ4n) is 10.0. The number of rotatable bonds is 43. The number of thiol groups is 2. The fraction of sp³-hybridized carbons (Fsp3) is 0.275. The van der Waals surface area contributed by atoms with Gasteiger partial charge in [0.25, 0.3) is 0 Å². The van der Waals surface area contributed by atoms with Crippen molar-refractivity contribution in [3.8, 4) is 51.7 Å². The molecule has 11 aromatic rings. The first-order valence-electron chi connectivity index (χ1n) is 42.6. The van der Waals surface area contributed by atoms with E-state index in [0.29, 0.717) is 77.2 Å². The standard InChI is InChI=1S/C16H17NO3.C14H22N2O3.C14H21NO3.C13H11NO2.C13H11NS2.C12H18N2O3.C11H15NO3.C9H11NO2/c18-8-9-20-16-3-1-2-14(10-16)11-17-15-6-4-13(12-19)5-7-15;17-9-1-6-15-7-8-16-12-13-2-4-14(5-3-13)19-11-10-18;1-14(2,11-17)10-15-9-12-3-5-13(6-4-12)18-8-7-16;2*15-12-5-1-10(2-6-12)9-14-11-3-7-13(16)8-4-11;1-17-12-8-10(2-3-11(12)16)9-14-5-4-13-6-7-15;13-6-8-15-7-5-12-9-10-1-3-11(14)4-2-10;11-5-4-10-7-8-2-1-3-9(12)6-8/h1-7,10-11,18-19H,8-9,12H2;2-5,12,15,17-18H,1,6-11H2;3-6,9,16-17H,7-8,10-11H2,1-2H3;2*1-9,15-16H;2-3,8-9,13,15-16H,4-7H2,1H3;1-4,9,13-14H,5-8H2;1-3,6-7,11-12H,4-5H2. The van der Waals surface area contributed by atoms with Crippen LogP contribution in [0.25, 0.3) is 0 Å². The number of ether oxygens (including phenoxy) is 5. The maximum absolute atomic E-state index is 9.40. The van der Waals surface area contributed by atoms with Crippen LogP contribution in [0.2, 0.25) is 0 Å². The Bertz CT molecular complexity index is 4910. The first-order valence-corrected chi connectivity index (χ1v) is 43.5.